The maximum atomic E-state index is 12.1. The number of nitrogens with zero attached hydrogens (tertiary/aromatic N) is 3. The van der Waals surface area contributed by atoms with Crippen molar-refractivity contribution in [3.05, 3.63) is 59.2 Å². The number of nitrogens with one attached hydrogen (secondary N) is 1. The molecule has 0 spiro atoms. The van der Waals surface area contributed by atoms with Gasteiger partial charge in [-0.25, -0.2) is 9.79 Å². The first-order valence-corrected chi connectivity index (χ1v) is 11.6. The molecular weight excluding hydrogens is 440 g/mol. The number of carbonyl (C=O) groups excluding carboxylic acids is 1. The minimum Gasteiger partial charge on any atom is -0.499 e. The summed E-state index contributed by atoms with van der Waals surface area (Å²) < 4.78 is 5.83. The second kappa shape index (κ2) is 9.30. The molecule has 3 aromatic rings. The van der Waals surface area contributed by atoms with E-state index in [4.69, 9.17) is 14.6 Å². The third kappa shape index (κ3) is 4.22. The van der Waals surface area contributed by atoms with E-state index in [9.17, 15) is 9.90 Å². The Bertz CT molecular complexity index is 1260. The number of aromatic hydroxyl groups is 1. The minimum absolute atomic E-state index is 0.171. The Morgan fingerprint density at radius 2 is 2.06 bits per heavy atom. The molecule has 3 heterocycles. The molecule has 33 heavy (non-hydrogen) atoms. The summed E-state index contributed by atoms with van der Waals surface area (Å²) >= 11 is 1.30. The van der Waals surface area contributed by atoms with E-state index in [0.29, 0.717) is 40.4 Å². The molecule has 0 bridgehead atoms. The molecule has 5 rings (SSSR count). The number of aliphatic imine (C=N–C) groups is 1. The Kier molecular flexibility index (Phi) is 6.08. The summed E-state index contributed by atoms with van der Waals surface area (Å²) in [6.07, 6.45) is 0. The Morgan fingerprint density at radius 1 is 1.24 bits per heavy atom. The van der Waals surface area contributed by atoms with Gasteiger partial charge in [0.25, 0.3) is 0 Å². The van der Waals surface area contributed by atoms with E-state index in [1.54, 1.807) is 18.2 Å². The van der Waals surface area contributed by atoms with Crippen LogP contribution in [0.1, 0.15) is 21.5 Å². The zero-order chi connectivity index (χ0) is 22.8. The lowest BCUT2D eigenvalue weighted by atomic mass is 9.99. The van der Waals surface area contributed by atoms with Crippen LogP contribution in [0, 0.1) is 0 Å². The van der Waals surface area contributed by atoms with Crippen molar-refractivity contribution in [2.24, 2.45) is 10.1 Å². The van der Waals surface area contributed by atoms with Gasteiger partial charge in [0, 0.05) is 48.4 Å². The van der Waals surface area contributed by atoms with Crippen molar-refractivity contribution < 1.29 is 19.5 Å². The van der Waals surface area contributed by atoms with Gasteiger partial charge in [-0.1, -0.05) is 34.7 Å². The maximum absolute atomic E-state index is 12.1. The predicted molar refractivity (Wildman–Crippen MR) is 129 cm³/mol. The van der Waals surface area contributed by atoms with Gasteiger partial charge in [0.05, 0.1) is 23.9 Å². The SMILES string of the molecule is COC(=O)c1ccc2c(c1)/C(=N\OCCN1CCNCC1)C(c1c(O)sc3ccccc13)=N2. The maximum Gasteiger partial charge on any atom is 0.337 e. The second-order valence-electron chi connectivity index (χ2n) is 7.83. The van der Waals surface area contributed by atoms with Gasteiger partial charge < -0.3 is 20.0 Å². The zero-order valence-corrected chi connectivity index (χ0v) is 19.0. The number of methoxy groups -OCH3 is 1. The molecule has 0 amide bonds. The highest BCUT2D eigenvalue weighted by molar-refractivity contribution is 7.21. The fourth-order valence-corrected chi connectivity index (χ4v) is 5.06. The van der Waals surface area contributed by atoms with Crippen LogP contribution in [0.25, 0.3) is 10.1 Å². The highest BCUT2D eigenvalue weighted by Crippen LogP contribution is 2.41. The van der Waals surface area contributed by atoms with Crippen LogP contribution in [-0.2, 0) is 9.57 Å². The number of piperazine rings is 1. The number of esters is 1. The lowest BCUT2D eigenvalue weighted by molar-refractivity contribution is 0.0600. The van der Waals surface area contributed by atoms with E-state index in [1.165, 1.54) is 18.4 Å². The number of benzene rings is 2. The van der Waals surface area contributed by atoms with Gasteiger partial charge in [-0.2, -0.15) is 0 Å². The quantitative estimate of drug-likeness (QED) is 0.331. The predicted octanol–water partition coefficient (Wildman–Crippen LogP) is 3.15. The van der Waals surface area contributed by atoms with Crippen LogP contribution in [0.15, 0.2) is 52.6 Å². The van der Waals surface area contributed by atoms with E-state index in [0.717, 1.165) is 42.8 Å². The van der Waals surface area contributed by atoms with Crippen LogP contribution in [0.4, 0.5) is 5.69 Å². The van der Waals surface area contributed by atoms with E-state index in [2.05, 4.69) is 15.4 Å². The molecule has 0 aliphatic carbocycles. The topological polar surface area (TPSA) is 95.8 Å². The summed E-state index contributed by atoms with van der Waals surface area (Å²) in [5.41, 5.74) is 3.39. The van der Waals surface area contributed by atoms with E-state index >= 15 is 0 Å². The second-order valence-corrected chi connectivity index (χ2v) is 8.86. The standard InChI is InChI=1S/C24H24N4O4S/c1-31-23(29)15-6-7-18-17(14-15)21(27-32-13-12-28-10-8-25-9-11-28)22(26-18)20-16-4-2-3-5-19(16)33-24(20)30/h2-7,14,25,30H,8-13H2,1H3/b27-21+. The van der Waals surface area contributed by atoms with Gasteiger partial charge in [0.15, 0.2) is 5.06 Å². The molecule has 0 unspecified atom stereocenters. The van der Waals surface area contributed by atoms with Crippen LogP contribution in [0.5, 0.6) is 5.06 Å². The number of rotatable bonds is 6. The largest absolute Gasteiger partial charge is 0.499 e. The molecule has 0 atom stereocenters. The summed E-state index contributed by atoms with van der Waals surface area (Å²) in [7, 11) is 1.35. The smallest absolute Gasteiger partial charge is 0.337 e. The zero-order valence-electron chi connectivity index (χ0n) is 18.2. The Morgan fingerprint density at radius 3 is 2.88 bits per heavy atom. The molecular formula is C24H24N4O4S. The van der Waals surface area contributed by atoms with Gasteiger partial charge in [0.2, 0.25) is 0 Å². The molecule has 0 radical (unpaired) electrons. The number of hydrogen-bond acceptors (Lipinski definition) is 9. The number of thiophene rings is 1. The monoisotopic (exact) mass is 464 g/mol. The van der Waals surface area contributed by atoms with Crippen molar-refractivity contribution in [3.8, 4) is 5.06 Å². The molecule has 1 aromatic heterocycles. The fourth-order valence-electron chi connectivity index (χ4n) is 4.11. The third-order valence-electron chi connectivity index (χ3n) is 5.81. The molecule has 0 saturated carbocycles. The summed E-state index contributed by atoms with van der Waals surface area (Å²) in [6.45, 7) is 5.10. The normalized spacial score (nSPS) is 17.2. The first-order valence-electron chi connectivity index (χ1n) is 10.8. The average Bonchev–Trinajstić information content (AvgIpc) is 3.37. The van der Waals surface area contributed by atoms with Crippen molar-refractivity contribution in [1.82, 2.24) is 10.2 Å². The number of fused-ring (bicyclic) bond motifs is 2. The van der Waals surface area contributed by atoms with E-state index in [1.807, 2.05) is 24.3 Å². The molecule has 1 saturated heterocycles. The van der Waals surface area contributed by atoms with Crippen LogP contribution in [0.3, 0.4) is 0 Å². The van der Waals surface area contributed by atoms with Crippen molar-refractivity contribution >= 4 is 44.5 Å². The molecule has 9 heteroatoms. The summed E-state index contributed by atoms with van der Waals surface area (Å²) in [5.74, 6) is -0.436. The molecule has 2 aromatic carbocycles. The van der Waals surface area contributed by atoms with Gasteiger partial charge in [-0.05, 0) is 24.3 Å². The van der Waals surface area contributed by atoms with Crippen molar-refractivity contribution in [2.75, 3.05) is 46.4 Å². The number of oxime groups is 1. The average molecular weight is 465 g/mol. The van der Waals surface area contributed by atoms with Crippen LogP contribution in [-0.4, -0.2) is 73.8 Å². The third-order valence-corrected chi connectivity index (χ3v) is 6.78. The number of carbonyl (C=O) groups is 1. The molecule has 2 N–H and O–H groups in total. The molecule has 170 valence electrons. The van der Waals surface area contributed by atoms with Crippen LogP contribution < -0.4 is 5.32 Å². The fraction of sp³-hybridized carbons (Fsp3) is 0.292. The van der Waals surface area contributed by atoms with Gasteiger partial charge in [0.1, 0.15) is 18.0 Å². The molecule has 8 nitrogen and oxygen atoms in total. The Labute approximate surface area is 195 Å². The summed E-state index contributed by atoms with van der Waals surface area (Å²) in [5, 5.41) is 19.6. The van der Waals surface area contributed by atoms with E-state index < -0.39 is 5.97 Å². The van der Waals surface area contributed by atoms with Crippen molar-refractivity contribution in [3.63, 3.8) is 0 Å². The minimum atomic E-state index is -0.436. The lowest BCUT2D eigenvalue weighted by Crippen LogP contribution is -2.44. The van der Waals surface area contributed by atoms with Crippen molar-refractivity contribution in [2.45, 2.75) is 0 Å². The van der Waals surface area contributed by atoms with Crippen LogP contribution in [0.2, 0.25) is 0 Å². The first-order chi connectivity index (χ1) is 16.2. The van der Waals surface area contributed by atoms with Crippen molar-refractivity contribution in [1.29, 1.82) is 0 Å². The summed E-state index contributed by atoms with van der Waals surface area (Å²) in [6, 6.07) is 12.9. The number of hydrogen-bond donors (Lipinski definition) is 2. The van der Waals surface area contributed by atoms with E-state index in [-0.39, 0.29) is 5.06 Å². The van der Waals surface area contributed by atoms with Gasteiger partial charge in [-0.15, -0.1) is 0 Å². The highest BCUT2D eigenvalue weighted by atomic mass is 32.1. The highest BCUT2D eigenvalue weighted by Gasteiger charge is 2.30. The number of ether oxygens (including phenoxy) is 1. The molecule has 2 aliphatic heterocycles. The van der Waals surface area contributed by atoms with Crippen LogP contribution >= 0.6 is 11.3 Å². The molecule has 2 aliphatic rings. The Balaban J connectivity index is 1.49. The Hall–Kier alpha value is -3.27. The lowest BCUT2D eigenvalue weighted by Gasteiger charge is -2.26. The van der Waals surface area contributed by atoms with Gasteiger partial charge in [-0.3, -0.25) is 4.90 Å². The summed E-state index contributed by atoms with van der Waals surface area (Å²) in [4.78, 5) is 24.9. The first kappa shape index (κ1) is 21.6. The molecule has 1 fully saturated rings. The van der Waals surface area contributed by atoms with Gasteiger partial charge >= 0.3 is 5.97 Å².